The molecule has 0 aliphatic carbocycles. The minimum atomic E-state index is 0.613. The lowest BCUT2D eigenvalue weighted by Gasteiger charge is -2.35. The molecule has 3 aliphatic rings. The SMILES string of the molecule is CCc1cc(CN2C[C@@H]3CC[C@H]2CN(Cc2ccc(OC)cc2)C3)on1. The molecule has 3 saturated heterocycles. The Hall–Kier alpha value is -1.85. The zero-order valence-electron chi connectivity index (χ0n) is 15.9. The summed E-state index contributed by atoms with van der Waals surface area (Å²) in [5, 5.41) is 4.15. The lowest BCUT2D eigenvalue weighted by Crippen LogP contribution is -2.43. The van der Waals surface area contributed by atoms with E-state index in [1.807, 2.05) is 0 Å². The van der Waals surface area contributed by atoms with Crippen LogP contribution in [-0.4, -0.2) is 47.7 Å². The predicted octanol–water partition coefficient (Wildman–Crippen LogP) is 3.34. The van der Waals surface area contributed by atoms with Gasteiger partial charge in [-0.2, -0.15) is 0 Å². The van der Waals surface area contributed by atoms with Crippen molar-refractivity contribution in [2.45, 2.75) is 45.3 Å². The minimum absolute atomic E-state index is 0.613. The van der Waals surface area contributed by atoms with Gasteiger partial charge >= 0.3 is 0 Å². The highest BCUT2D eigenvalue weighted by Gasteiger charge is 2.35. The van der Waals surface area contributed by atoms with E-state index in [9.17, 15) is 0 Å². The molecule has 0 amide bonds. The van der Waals surface area contributed by atoms with E-state index >= 15 is 0 Å². The van der Waals surface area contributed by atoms with Crippen LogP contribution in [0.25, 0.3) is 0 Å². The van der Waals surface area contributed by atoms with Crippen molar-refractivity contribution in [2.24, 2.45) is 5.92 Å². The van der Waals surface area contributed by atoms with Crippen LogP contribution in [0, 0.1) is 5.92 Å². The summed E-state index contributed by atoms with van der Waals surface area (Å²) >= 11 is 0. The third-order valence-corrected chi connectivity index (χ3v) is 5.80. The largest absolute Gasteiger partial charge is 0.497 e. The Morgan fingerprint density at radius 1 is 1.12 bits per heavy atom. The third kappa shape index (κ3) is 3.94. The van der Waals surface area contributed by atoms with Crippen LogP contribution in [0.3, 0.4) is 0 Å². The van der Waals surface area contributed by atoms with Gasteiger partial charge in [0, 0.05) is 38.3 Å². The molecule has 1 aromatic carbocycles. The van der Waals surface area contributed by atoms with E-state index in [4.69, 9.17) is 9.26 Å². The van der Waals surface area contributed by atoms with E-state index < -0.39 is 0 Å². The van der Waals surface area contributed by atoms with Gasteiger partial charge in [0.05, 0.1) is 19.3 Å². The number of hydrogen-bond acceptors (Lipinski definition) is 5. The fourth-order valence-electron chi connectivity index (χ4n) is 4.39. The molecule has 2 aromatic rings. The molecule has 1 aromatic heterocycles. The minimum Gasteiger partial charge on any atom is -0.497 e. The van der Waals surface area contributed by atoms with E-state index in [2.05, 4.69) is 52.2 Å². The molecular formula is C21H29N3O2. The average Bonchev–Trinajstić information content (AvgIpc) is 2.95. The van der Waals surface area contributed by atoms with Crippen molar-refractivity contribution in [1.29, 1.82) is 0 Å². The Bertz CT molecular complexity index is 712. The normalized spacial score (nSPS) is 23.9. The number of aromatic nitrogens is 1. The van der Waals surface area contributed by atoms with Crippen LogP contribution in [0.15, 0.2) is 34.9 Å². The highest BCUT2D eigenvalue weighted by molar-refractivity contribution is 5.27. The van der Waals surface area contributed by atoms with Gasteiger partial charge in [-0.3, -0.25) is 9.80 Å². The van der Waals surface area contributed by atoms with E-state index in [0.29, 0.717) is 6.04 Å². The predicted molar refractivity (Wildman–Crippen MR) is 101 cm³/mol. The maximum absolute atomic E-state index is 5.53. The molecule has 5 nitrogen and oxygen atoms in total. The van der Waals surface area contributed by atoms with Crippen molar-refractivity contribution >= 4 is 0 Å². The van der Waals surface area contributed by atoms with Gasteiger partial charge in [0.2, 0.25) is 0 Å². The summed E-state index contributed by atoms with van der Waals surface area (Å²) in [5.74, 6) is 2.69. The molecule has 26 heavy (non-hydrogen) atoms. The van der Waals surface area contributed by atoms with Gasteiger partial charge in [0.25, 0.3) is 0 Å². The van der Waals surface area contributed by atoms with Crippen LogP contribution >= 0.6 is 0 Å². The summed E-state index contributed by atoms with van der Waals surface area (Å²) in [7, 11) is 1.72. The number of fused-ring (bicyclic) bond motifs is 4. The van der Waals surface area contributed by atoms with Crippen molar-refractivity contribution in [3.05, 3.63) is 47.3 Å². The second-order valence-electron chi connectivity index (χ2n) is 7.71. The molecule has 4 heterocycles. The Balaban J connectivity index is 1.40. The smallest absolute Gasteiger partial charge is 0.150 e. The molecule has 3 fully saturated rings. The first kappa shape index (κ1) is 17.6. The van der Waals surface area contributed by atoms with Crippen LogP contribution in [-0.2, 0) is 19.5 Å². The van der Waals surface area contributed by atoms with Crippen LogP contribution < -0.4 is 4.74 Å². The van der Waals surface area contributed by atoms with Crippen molar-refractivity contribution < 1.29 is 9.26 Å². The molecule has 5 rings (SSSR count). The number of ether oxygens (including phenoxy) is 1. The van der Waals surface area contributed by atoms with Gasteiger partial charge in [-0.05, 0) is 42.9 Å². The third-order valence-electron chi connectivity index (χ3n) is 5.80. The van der Waals surface area contributed by atoms with Crippen molar-refractivity contribution in [3.63, 3.8) is 0 Å². The number of piperidine rings is 1. The quantitative estimate of drug-likeness (QED) is 0.795. The summed E-state index contributed by atoms with van der Waals surface area (Å²) in [4.78, 5) is 5.24. The van der Waals surface area contributed by atoms with Gasteiger partial charge in [0.1, 0.15) is 5.75 Å². The summed E-state index contributed by atoms with van der Waals surface area (Å²) < 4.78 is 10.8. The van der Waals surface area contributed by atoms with Crippen LogP contribution in [0.5, 0.6) is 5.75 Å². The van der Waals surface area contributed by atoms with Gasteiger partial charge in [-0.1, -0.05) is 24.2 Å². The standard InChI is InChI=1S/C21H29N3O2/c1-3-18-10-21(26-22-18)15-24-13-17-4-7-19(24)14-23(12-17)11-16-5-8-20(25-2)9-6-16/h5-6,8-10,17,19H,3-4,7,11-15H2,1-2H3/t17-,19+/m1/s1. The Morgan fingerprint density at radius 3 is 2.69 bits per heavy atom. The summed E-state index contributed by atoms with van der Waals surface area (Å²) in [6, 6.07) is 11.2. The number of methoxy groups -OCH3 is 1. The molecule has 140 valence electrons. The molecular weight excluding hydrogens is 326 g/mol. The van der Waals surface area contributed by atoms with Crippen LogP contribution in [0.1, 0.15) is 36.8 Å². The Labute approximate surface area is 155 Å². The van der Waals surface area contributed by atoms with E-state index in [0.717, 1.165) is 49.2 Å². The lowest BCUT2D eigenvalue weighted by molar-refractivity contribution is 0.111. The number of aryl methyl sites for hydroxylation is 1. The number of nitrogens with zero attached hydrogens (tertiary/aromatic N) is 3. The number of rotatable bonds is 6. The molecule has 0 unspecified atom stereocenters. The highest BCUT2D eigenvalue weighted by Crippen LogP contribution is 2.30. The van der Waals surface area contributed by atoms with E-state index in [1.54, 1.807) is 7.11 Å². The van der Waals surface area contributed by atoms with E-state index in [1.165, 1.54) is 31.5 Å². The van der Waals surface area contributed by atoms with Crippen LogP contribution in [0.4, 0.5) is 0 Å². The molecule has 0 saturated carbocycles. The highest BCUT2D eigenvalue weighted by atomic mass is 16.5. The lowest BCUT2D eigenvalue weighted by atomic mass is 9.95. The molecule has 3 aliphatic heterocycles. The second-order valence-corrected chi connectivity index (χ2v) is 7.71. The molecule has 0 spiro atoms. The summed E-state index contributed by atoms with van der Waals surface area (Å²) in [6.45, 7) is 7.53. The van der Waals surface area contributed by atoms with Crippen LogP contribution in [0.2, 0.25) is 0 Å². The first-order valence-electron chi connectivity index (χ1n) is 9.77. The molecule has 0 N–H and O–H groups in total. The first-order valence-corrected chi connectivity index (χ1v) is 9.77. The van der Waals surface area contributed by atoms with Crippen molar-refractivity contribution in [3.8, 4) is 5.75 Å². The average molecular weight is 355 g/mol. The Morgan fingerprint density at radius 2 is 1.96 bits per heavy atom. The zero-order chi connectivity index (χ0) is 17.9. The molecule has 0 radical (unpaired) electrons. The number of hydrogen-bond donors (Lipinski definition) is 0. The van der Waals surface area contributed by atoms with Gasteiger partial charge < -0.3 is 9.26 Å². The topological polar surface area (TPSA) is 41.7 Å². The maximum Gasteiger partial charge on any atom is 0.150 e. The van der Waals surface area contributed by atoms with Gasteiger partial charge in [-0.15, -0.1) is 0 Å². The van der Waals surface area contributed by atoms with Crippen molar-refractivity contribution in [1.82, 2.24) is 15.0 Å². The maximum atomic E-state index is 5.53. The summed E-state index contributed by atoms with van der Waals surface area (Å²) in [5.41, 5.74) is 2.42. The zero-order valence-corrected chi connectivity index (χ0v) is 15.9. The number of benzene rings is 1. The molecule has 2 atom stereocenters. The van der Waals surface area contributed by atoms with E-state index in [-0.39, 0.29) is 0 Å². The first-order chi connectivity index (χ1) is 12.7. The fraction of sp³-hybridized carbons (Fsp3) is 0.571. The van der Waals surface area contributed by atoms with Gasteiger partial charge in [0.15, 0.2) is 5.76 Å². The molecule has 2 bridgehead atoms. The Kier molecular flexibility index (Phi) is 5.27. The summed E-state index contributed by atoms with van der Waals surface area (Å²) in [6.07, 6.45) is 3.57. The van der Waals surface area contributed by atoms with Gasteiger partial charge in [-0.25, -0.2) is 0 Å². The fourth-order valence-corrected chi connectivity index (χ4v) is 4.39. The van der Waals surface area contributed by atoms with Crippen molar-refractivity contribution in [2.75, 3.05) is 26.7 Å². The monoisotopic (exact) mass is 355 g/mol. The molecule has 5 heteroatoms. The second kappa shape index (κ2) is 7.80.